The Morgan fingerprint density at radius 3 is 2.31 bits per heavy atom. The molecule has 0 unspecified atom stereocenters. The van der Waals surface area contributed by atoms with Crippen molar-refractivity contribution in [3.63, 3.8) is 0 Å². The van der Waals surface area contributed by atoms with Crippen LogP contribution in [0.15, 0.2) is 18.2 Å². The number of aliphatic hydroxyl groups excluding tert-OH is 1. The summed E-state index contributed by atoms with van der Waals surface area (Å²) in [6, 6.07) is 4.10. The summed E-state index contributed by atoms with van der Waals surface area (Å²) in [5.41, 5.74) is 5.69. The highest BCUT2D eigenvalue weighted by molar-refractivity contribution is 5.85. The van der Waals surface area contributed by atoms with E-state index >= 15 is 0 Å². The first-order chi connectivity index (χ1) is 5.65. The van der Waals surface area contributed by atoms with Gasteiger partial charge >= 0.3 is 0 Å². The fraction of sp³-hybridized carbons (Fsp3) is 0.250. The first-order valence-corrected chi connectivity index (χ1v) is 3.55. The zero-order valence-electron chi connectivity index (χ0n) is 6.84. The van der Waals surface area contributed by atoms with Crippen LogP contribution in [0.5, 0.6) is 11.5 Å². The van der Waals surface area contributed by atoms with E-state index in [1.54, 1.807) is 0 Å². The zero-order chi connectivity index (χ0) is 9.14. The van der Waals surface area contributed by atoms with Crippen LogP contribution in [-0.2, 0) is 0 Å². The number of nitrogens with two attached hydrogens (primary N) is 1. The molecule has 0 heterocycles. The first-order valence-electron chi connectivity index (χ1n) is 3.55. The molecule has 0 amide bonds. The summed E-state index contributed by atoms with van der Waals surface area (Å²) in [5.74, 6) is -0.456. The maximum absolute atomic E-state index is 9.23. The van der Waals surface area contributed by atoms with Crippen molar-refractivity contribution >= 4 is 12.4 Å². The predicted molar refractivity (Wildman–Crippen MR) is 51.0 cm³/mol. The summed E-state index contributed by atoms with van der Waals surface area (Å²) in [6.45, 7) is 0.0875. The van der Waals surface area contributed by atoms with E-state index in [9.17, 15) is 5.11 Å². The molecule has 1 aromatic rings. The standard InChI is InChI=1S/C8H11NO3.ClH/c9-4-8(12)5-1-2-6(10)7(11)3-5;/h1-3,8,10-12H,4,9H2;1H/t8-;/m1./s1. The van der Waals surface area contributed by atoms with Gasteiger partial charge in [0.1, 0.15) is 0 Å². The molecule has 0 bridgehead atoms. The quantitative estimate of drug-likeness (QED) is 0.530. The summed E-state index contributed by atoms with van der Waals surface area (Å²) in [5, 5.41) is 27.2. The molecule has 4 nitrogen and oxygen atoms in total. The van der Waals surface area contributed by atoms with E-state index in [0.29, 0.717) is 5.56 Å². The number of benzene rings is 1. The van der Waals surface area contributed by atoms with Crippen molar-refractivity contribution in [3.8, 4) is 11.5 Å². The lowest BCUT2D eigenvalue weighted by molar-refractivity contribution is 0.186. The minimum absolute atomic E-state index is 0. The molecule has 0 aliphatic heterocycles. The van der Waals surface area contributed by atoms with Crippen LogP contribution in [-0.4, -0.2) is 21.9 Å². The largest absolute Gasteiger partial charge is 0.504 e. The van der Waals surface area contributed by atoms with Gasteiger partial charge in [0.25, 0.3) is 0 Å². The van der Waals surface area contributed by atoms with E-state index in [2.05, 4.69) is 0 Å². The van der Waals surface area contributed by atoms with Crippen LogP contribution in [0.2, 0.25) is 0 Å². The third-order valence-electron chi connectivity index (χ3n) is 1.61. The minimum atomic E-state index is -0.795. The summed E-state index contributed by atoms with van der Waals surface area (Å²) in [7, 11) is 0. The second-order valence-corrected chi connectivity index (χ2v) is 2.50. The average Bonchev–Trinajstić information content (AvgIpc) is 2.08. The number of phenols is 2. The lowest BCUT2D eigenvalue weighted by Crippen LogP contribution is -2.11. The Morgan fingerprint density at radius 2 is 1.85 bits per heavy atom. The van der Waals surface area contributed by atoms with Gasteiger partial charge in [-0.15, -0.1) is 12.4 Å². The number of rotatable bonds is 2. The van der Waals surface area contributed by atoms with Gasteiger partial charge in [0.2, 0.25) is 0 Å². The summed E-state index contributed by atoms with van der Waals surface area (Å²) < 4.78 is 0. The van der Waals surface area contributed by atoms with Crippen LogP contribution < -0.4 is 5.73 Å². The highest BCUT2D eigenvalue weighted by Crippen LogP contribution is 2.27. The molecule has 1 aromatic carbocycles. The van der Waals surface area contributed by atoms with E-state index in [0.717, 1.165) is 0 Å². The molecule has 1 rings (SSSR count). The van der Waals surface area contributed by atoms with Crippen LogP contribution >= 0.6 is 12.4 Å². The van der Waals surface area contributed by atoms with Gasteiger partial charge in [-0.1, -0.05) is 6.07 Å². The number of halogens is 1. The smallest absolute Gasteiger partial charge is 0.157 e. The second-order valence-electron chi connectivity index (χ2n) is 2.50. The van der Waals surface area contributed by atoms with Crippen molar-refractivity contribution in [3.05, 3.63) is 23.8 Å². The van der Waals surface area contributed by atoms with E-state index in [-0.39, 0.29) is 30.5 Å². The number of hydrogen-bond donors (Lipinski definition) is 4. The summed E-state index contributed by atoms with van der Waals surface area (Å²) in [4.78, 5) is 0. The Morgan fingerprint density at radius 1 is 1.23 bits per heavy atom. The highest BCUT2D eigenvalue weighted by atomic mass is 35.5. The monoisotopic (exact) mass is 205 g/mol. The topological polar surface area (TPSA) is 86.7 Å². The van der Waals surface area contributed by atoms with Gasteiger partial charge in [-0.3, -0.25) is 0 Å². The molecule has 5 N–H and O–H groups in total. The third kappa shape index (κ3) is 2.77. The van der Waals surface area contributed by atoms with Gasteiger partial charge in [-0.25, -0.2) is 0 Å². The van der Waals surface area contributed by atoms with Crippen molar-refractivity contribution in [2.24, 2.45) is 5.73 Å². The van der Waals surface area contributed by atoms with Gasteiger partial charge in [0, 0.05) is 6.54 Å². The average molecular weight is 206 g/mol. The molecular weight excluding hydrogens is 194 g/mol. The Balaban J connectivity index is 0.00000144. The summed E-state index contributed by atoms with van der Waals surface area (Å²) >= 11 is 0. The molecule has 0 radical (unpaired) electrons. The Kier molecular flexibility index (Phi) is 4.55. The number of phenolic OH excluding ortho intramolecular Hbond substituents is 2. The number of hydrogen-bond acceptors (Lipinski definition) is 4. The molecule has 13 heavy (non-hydrogen) atoms. The molecule has 0 fully saturated rings. The van der Waals surface area contributed by atoms with Crippen LogP contribution in [0, 0.1) is 0 Å². The van der Waals surface area contributed by atoms with E-state index in [1.807, 2.05) is 0 Å². The van der Waals surface area contributed by atoms with Crippen LogP contribution in [0.1, 0.15) is 11.7 Å². The molecule has 0 saturated carbocycles. The highest BCUT2D eigenvalue weighted by Gasteiger charge is 2.07. The van der Waals surface area contributed by atoms with Crippen molar-refractivity contribution < 1.29 is 15.3 Å². The molecule has 0 spiro atoms. The van der Waals surface area contributed by atoms with E-state index < -0.39 is 6.10 Å². The fourth-order valence-corrected chi connectivity index (χ4v) is 0.884. The van der Waals surface area contributed by atoms with Crippen molar-refractivity contribution in [1.29, 1.82) is 0 Å². The van der Waals surface area contributed by atoms with Gasteiger partial charge in [0.15, 0.2) is 11.5 Å². The van der Waals surface area contributed by atoms with Crippen molar-refractivity contribution in [1.82, 2.24) is 0 Å². The lowest BCUT2D eigenvalue weighted by atomic mass is 10.1. The Hall–Kier alpha value is -0.970. The Labute approximate surface area is 82.0 Å². The van der Waals surface area contributed by atoms with Crippen molar-refractivity contribution in [2.45, 2.75) is 6.10 Å². The molecular formula is C8H12ClNO3. The normalized spacial score (nSPS) is 11.8. The fourth-order valence-electron chi connectivity index (χ4n) is 0.884. The molecule has 0 aliphatic carbocycles. The molecule has 5 heteroatoms. The molecule has 0 aromatic heterocycles. The molecule has 0 aliphatic rings. The van der Waals surface area contributed by atoms with E-state index in [4.69, 9.17) is 15.9 Å². The molecule has 74 valence electrons. The molecule has 0 saturated heterocycles. The number of aromatic hydroxyl groups is 2. The lowest BCUT2D eigenvalue weighted by Gasteiger charge is -2.08. The maximum Gasteiger partial charge on any atom is 0.157 e. The second kappa shape index (κ2) is 4.91. The minimum Gasteiger partial charge on any atom is -0.504 e. The van der Waals surface area contributed by atoms with E-state index in [1.165, 1.54) is 18.2 Å². The summed E-state index contributed by atoms with van der Waals surface area (Å²) in [6.07, 6.45) is -0.795. The van der Waals surface area contributed by atoms with Gasteiger partial charge in [-0.2, -0.15) is 0 Å². The zero-order valence-corrected chi connectivity index (χ0v) is 7.66. The van der Waals surface area contributed by atoms with Crippen molar-refractivity contribution in [2.75, 3.05) is 6.54 Å². The van der Waals surface area contributed by atoms with Crippen LogP contribution in [0.25, 0.3) is 0 Å². The van der Waals surface area contributed by atoms with Gasteiger partial charge in [-0.05, 0) is 17.7 Å². The van der Waals surface area contributed by atoms with Crippen LogP contribution in [0.3, 0.4) is 0 Å². The maximum atomic E-state index is 9.23. The first kappa shape index (κ1) is 12.0. The van der Waals surface area contributed by atoms with Gasteiger partial charge in [0.05, 0.1) is 6.10 Å². The Bertz CT molecular complexity index is 280. The van der Waals surface area contributed by atoms with Crippen LogP contribution in [0.4, 0.5) is 0 Å². The molecule has 1 atom stereocenters. The third-order valence-corrected chi connectivity index (χ3v) is 1.61. The SMILES string of the molecule is Cl.NC[C@@H](O)c1ccc(O)c(O)c1. The van der Waals surface area contributed by atoms with Gasteiger partial charge < -0.3 is 21.1 Å². The number of aliphatic hydroxyl groups is 1. The predicted octanol–water partition coefficient (Wildman–Crippen LogP) is 0.512.